The number of hydrogen-bond acceptors (Lipinski definition) is 4. The average molecular weight is 314 g/mol. The molecule has 0 aliphatic carbocycles. The van der Waals surface area contributed by atoms with Gasteiger partial charge < -0.3 is 9.88 Å². The highest BCUT2D eigenvalue weighted by Gasteiger charge is 2.25. The Balaban J connectivity index is 1.86. The lowest BCUT2D eigenvalue weighted by Crippen LogP contribution is -2.40. The third-order valence-electron chi connectivity index (χ3n) is 3.91. The number of aromatic nitrogens is 2. The molecule has 0 amide bonds. The highest BCUT2D eigenvalue weighted by atomic mass is 32.2. The quantitative estimate of drug-likeness (QED) is 0.753. The van der Waals surface area contributed by atoms with E-state index in [-0.39, 0.29) is 0 Å². The van der Waals surface area contributed by atoms with Crippen LogP contribution in [-0.4, -0.2) is 54.7 Å². The number of piperidine rings is 1. The highest BCUT2D eigenvalue weighted by Crippen LogP contribution is 2.20. The predicted octanol–water partition coefficient (Wildman–Crippen LogP) is 0.707. The molecule has 0 saturated carbocycles. The zero-order valence-corrected chi connectivity index (χ0v) is 13.8. The van der Waals surface area contributed by atoms with Crippen molar-refractivity contribution in [2.45, 2.75) is 32.7 Å². The Bertz CT molecular complexity index is 541. The van der Waals surface area contributed by atoms with E-state index in [9.17, 15) is 8.42 Å². The summed E-state index contributed by atoms with van der Waals surface area (Å²) < 4.78 is 27.0. The summed E-state index contributed by atoms with van der Waals surface area (Å²) in [7, 11) is -3.06. The van der Waals surface area contributed by atoms with Gasteiger partial charge in [-0.25, -0.2) is 17.7 Å². The van der Waals surface area contributed by atoms with Crippen molar-refractivity contribution in [3.63, 3.8) is 0 Å². The molecule has 6 nitrogen and oxygen atoms in total. The van der Waals surface area contributed by atoms with Crippen molar-refractivity contribution in [1.82, 2.24) is 19.2 Å². The lowest BCUT2D eigenvalue weighted by Gasteiger charge is -2.31. The Kier molecular flexibility index (Phi) is 5.78. The van der Waals surface area contributed by atoms with Gasteiger partial charge in [0.1, 0.15) is 0 Å². The third kappa shape index (κ3) is 5.09. The lowest BCUT2D eigenvalue weighted by molar-refractivity contribution is 0.246. The number of imidazole rings is 1. The Morgan fingerprint density at radius 2 is 2.29 bits per heavy atom. The Hall–Kier alpha value is -0.920. The van der Waals surface area contributed by atoms with Gasteiger partial charge in [-0.3, -0.25) is 0 Å². The molecule has 21 heavy (non-hydrogen) atoms. The van der Waals surface area contributed by atoms with Crippen LogP contribution < -0.4 is 5.32 Å². The van der Waals surface area contributed by atoms with Crippen molar-refractivity contribution in [3.05, 3.63) is 18.2 Å². The summed E-state index contributed by atoms with van der Waals surface area (Å²) in [6.07, 6.45) is 8.19. The van der Waals surface area contributed by atoms with Crippen LogP contribution in [0.5, 0.6) is 0 Å². The van der Waals surface area contributed by atoms with Crippen molar-refractivity contribution < 1.29 is 8.42 Å². The SMILES string of the molecule is CCNCCc1cn(CC2CCCN(S(C)(=O)=O)C2)cn1. The normalized spacial score (nSPS) is 20.8. The van der Waals surface area contributed by atoms with Crippen LogP contribution in [0, 0.1) is 5.92 Å². The minimum atomic E-state index is -3.06. The first-order valence-electron chi connectivity index (χ1n) is 7.65. The monoisotopic (exact) mass is 314 g/mol. The largest absolute Gasteiger partial charge is 0.337 e. The van der Waals surface area contributed by atoms with Crippen LogP contribution in [-0.2, 0) is 23.0 Å². The first-order chi connectivity index (χ1) is 9.99. The molecule has 120 valence electrons. The Labute approximate surface area is 127 Å². The molecule has 0 radical (unpaired) electrons. The van der Waals surface area contributed by atoms with Crippen LogP contribution >= 0.6 is 0 Å². The first-order valence-corrected chi connectivity index (χ1v) is 9.50. The summed E-state index contributed by atoms with van der Waals surface area (Å²) in [5.74, 6) is 0.379. The number of nitrogens with zero attached hydrogens (tertiary/aromatic N) is 3. The molecule has 0 bridgehead atoms. The molecule has 7 heteroatoms. The Morgan fingerprint density at radius 1 is 1.48 bits per heavy atom. The fraction of sp³-hybridized carbons (Fsp3) is 0.786. The molecule has 1 N–H and O–H groups in total. The van der Waals surface area contributed by atoms with E-state index < -0.39 is 10.0 Å². The van der Waals surface area contributed by atoms with E-state index in [1.165, 1.54) is 6.26 Å². The second-order valence-corrected chi connectivity index (χ2v) is 7.78. The topological polar surface area (TPSA) is 67.2 Å². The van der Waals surface area contributed by atoms with E-state index in [0.717, 1.165) is 44.6 Å². The number of hydrogen-bond donors (Lipinski definition) is 1. The summed E-state index contributed by atoms with van der Waals surface area (Å²) in [4.78, 5) is 4.41. The minimum absolute atomic E-state index is 0.379. The zero-order valence-electron chi connectivity index (χ0n) is 13.0. The molecule has 1 aromatic heterocycles. The molecule has 1 unspecified atom stereocenters. The maximum atomic E-state index is 11.6. The smallest absolute Gasteiger partial charge is 0.211 e. The predicted molar refractivity (Wildman–Crippen MR) is 83.6 cm³/mol. The van der Waals surface area contributed by atoms with Crippen molar-refractivity contribution in [3.8, 4) is 0 Å². The molecule has 1 atom stereocenters. The first kappa shape index (κ1) is 16.5. The van der Waals surface area contributed by atoms with Crippen LogP contribution in [0.4, 0.5) is 0 Å². The second-order valence-electron chi connectivity index (χ2n) is 5.79. The third-order valence-corrected chi connectivity index (χ3v) is 5.18. The second kappa shape index (κ2) is 7.38. The van der Waals surface area contributed by atoms with Crippen LogP contribution in [0.15, 0.2) is 12.5 Å². The van der Waals surface area contributed by atoms with Gasteiger partial charge in [-0.2, -0.15) is 0 Å². The number of sulfonamides is 1. The van der Waals surface area contributed by atoms with E-state index in [2.05, 4.69) is 28.0 Å². The van der Waals surface area contributed by atoms with Gasteiger partial charge in [0.15, 0.2) is 0 Å². The maximum absolute atomic E-state index is 11.6. The van der Waals surface area contributed by atoms with E-state index in [1.807, 2.05) is 6.33 Å². The number of likely N-dealkylation sites (N-methyl/N-ethyl adjacent to an activating group) is 1. The van der Waals surface area contributed by atoms with Crippen molar-refractivity contribution in [2.75, 3.05) is 32.4 Å². The van der Waals surface area contributed by atoms with E-state index in [0.29, 0.717) is 19.0 Å². The summed E-state index contributed by atoms with van der Waals surface area (Å²) >= 11 is 0. The standard InChI is InChI=1S/C14H26N4O2S/c1-3-15-7-6-14-11-17(12-16-14)9-13-5-4-8-18(10-13)21(2,19)20/h11-13,15H,3-10H2,1-2H3. The highest BCUT2D eigenvalue weighted by molar-refractivity contribution is 7.88. The van der Waals surface area contributed by atoms with Crippen molar-refractivity contribution in [2.24, 2.45) is 5.92 Å². The fourth-order valence-corrected chi connectivity index (χ4v) is 3.75. The van der Waals surface area contributed by atoms with Gasteiger partial charge in [0.2, 0.25) is 10.0 Å². The molecule has 1 aromatic rings. The van der Waals surface area contributed by atoms with Gasteiger partial charge in [-0.05, 0) is 25.3 Å². The van der Waals surface area contributed by atoms with Gasteiger partial charge in [0.05, 0.1) is 18.3 Å². The summed E-state index contributed by atoms with van der Waals surface area (Å²) in [6, 6.07) is 0. The molecule has 1 fully saturated rings. The summed E-state index contributed by atoms with van der Waals surface area (Å²) in [5.41, 5.74) is 1.09. The van der Waals surface area contributed by atoms with Gasteiger partial charge in [0.25, 0.3) is 0 Å². The van der Waals surface area contributed by atoms with Gasteiger partial charge in [-0.1, -0.05) is 6.92 Å². The van der Waals surface area contributed by atoms with Gasteiger partial charge >= 0.3 is 0 Å². The molecule has 2 rings (SSSR count). The maximum Gasteiger partial charge on any atom is 0.211 e. The van der Waals surface area contributed by atoms with Gasteiger partial charge in [0, 0.05) is 38.8 Å². The number of rotatable bonds is 7. The van der Waals surface area contributed by atoms with E-state index in [4.69, 9.17) is 0 Å². The molecule has 1 aliphatic heterocycles. The van der Waals surface area contributed by atoms with Crippen LogP contribution in [0.1, 0.15) is 25.5 Å². The van der Waals surface area contributed by atoms with Crippen molar-refractivity contribution >= 4 is 10.0 Å². The molecular weight excluding hydrogens is 288 g/mol. The molecule has 1 saturated heterocycles. The molecule has 1 aliphatic rings. The van der Waals surface area contributed by atoms with Crippen LogP contribution in [0.2, 0.25) is 0 Å². The summed E-state index contributed by atoms with van der Waals surface area (Å²) in [6.45, 7) is 6.15. The number of nitrogens with one attached hydrogen (secondary N) is 1. The molecule has 0 aromatic carbocycles. The van der Waals surface area contributed by atoms with Crippen LogP contribution in [0.25, 0.3) is 0 Å². The van der Waals surface area contributed by atoms with Crippen molar-refractivity contribution in [1.29, 1.82) is 0 Å². The van der Waals surface area contributed by atoms with E-state index >= 15 is 0 Å². The average Bonchev–Trinajstić information content (AvgIpc) is 2.86. The van der Waals surface area contributed by atoms with E-state index in [1.54, 1.807) is 4.31 Å². The summed E-state index contributed by atoms with van der Waals surface area (Å²) in [5, 5.41) is 3.29. The molecule has 0 spiro atoms. The Morgan fingerprint density at radius 3 is 3.00 bits per heavy atom. The molecular formula is C14H26N4O2S. The molecule has 2 heterocycles. The lowest BCUT2D eigenvalue weighted by atomic mass is 10.00. The van der Waals surface area contributed by atoms with Crippen LogP contribution in [0.3, 0.4) is 0 Å². The zero-order chi connectivity index (χ0) is 15.3. The fourth-order valence-electron chi connectivity index (χ4n) is 2.80. The van der Waals surface area contributed by atoms with Gasteiger partial charge in [-0.15, -0.1) is 0 Å². The minimum Gasteiger partial charge on any atom is -0.337 e.